The van der Waals surface area contributed by atoms with Gasteiger partial charge in [-0.25, -0.2) is 9.07 Å². The lowest BCUT2D eigenvalue weighted by atomic mass is 10.2. The highest BCUT2D eigenvalue weighted by Crippen LogP contribution is 2.13. The van der Waals surface area contributed by atoms with Crippen LogP contribution in [0.2, 0.25) is 0 Å². The molecule has 0 unspecified atom stereocenters. The predicted molar refractivity (Wildman–Crippen MR) is 86.5 cm³/mol. The minimum absolute atomic E-state index is 0.110. The highest BCUT2D eigenvalue weighted by molar-refractivity contribution is 5.92. The molecule has 0 aliphatic carbocycles. The number of hydrogen-bond donors (Lipinski definition) is 1. The number of amides is 1. The minimum atomic E-state index is -0.964. The van der Waals surface area contributed by atoms with Crippen molar-refractivity contribution in [2.75, 3.05) is 13.1 Å². The molecule has 2 aromatic rings. The smallest absolute Gasteiger partial charge is 0.305 e. The number of aliphatic carboxylic acids is 1. The van der Waals surface area contributed by atoms with E-state index in [1.54, 1.807) is 18.2 Å². The van der Waals surface area contributed by atoms with Crippen LogP contribution in [0.4, 0.5) is 4.39 Å². The summed E-state index contributed by atoms with van der Waals surface area (Å²) in [7, 11) is 0. The van der Waals surface area contributed by atoms with Gasteiger partial charge in [-0.1, -0.05) is 26.0 Å². The largest absolute Gasteiger partial charge is 0.481 e. The van der Waals surface area contributed by atoms with Crippen molar-refractivity contribution in [1.29, 1.82) is 0 Å². The number of aromatic nitrogens is 2. The average molecular weight is 333 g/mol. The lowest BCUT2D eigenvalue weighted by Crippen LogP contribution is -2.36. The normalized spacial score (nSPS) is 10.8. The molecule has 0 radical (unpaired) electrons. The number of nitrogens with zero attached hydrogens (tertiary/aromatic N) is 3. The molecule has 0 saturated heterocycles. The van der Waals surface area contributed by atoms with Gasteiger partial charge < -0.3 is 10.0 Å². The fraction of sp³-hybridized carbons (Fsp3) is 0.353. The molecular weight excluding hydrogens is 313 g/mol. The van der Waals surface area contributed by atoms with Crippen molar-refractivity contribution in [2.24, 2.45) is 5.92 Å². The Morgan fingerprint density at radius 1 is 1.29 bits per heavy atom. The van der Waals surface area contributed by atoms with Gasteiger partial charge in [0.25, 0.3) is 5.91 Å². The Labute approximate surface area is 139 Å². The third-order valence-electron chi connectivity index (χ3n) is 3.38. The van der Waals surface area contributed by atoms with Gasteiger partial charge in [0.05, 0.1) is 6.42 Å². The zero-order valence-corrected chi connectivity index (χ0v) is 13.6. The van der Waals surface area contributed by atoms with Crippen LogP contribution in [0, 0.1) is 11.7 Å². The predicted octanol–water partition coefficient (Wildman–Crippen LogP) is 2.58. The Hall–Kier alpha value is -2.70. The molecule has 0 atom stereocenters. The van der Waals surface area contributed by atoms with Crippen molar-refractivity contribution in [3.05, 3.63) is 48.0 Å². The summed E-state index contributed by atoms with van der Waals surface area (Å²) in [6.07, 6.45) is 1.38. The van der Waals surface area contributed by atoms with Gasteiger partial charge in [-0.05, 0) is 24.1 Å². The van der Waals surface area contributed by atoms with Gasteiger partial charge >= 0.3 is 5.97 Å². The van der Waals surface area contributed by atoms with Crippen LogP contribution < -0.4 is 0 Å². The van der Waals surface area contributed by atoms with Gasteiger partial charge in [0, 0.05) is 19.3 Å². The van der Waals surface area contributed by atoms with Crippen LogP contribution in [-0.4, -0.2) is 44.8 Å². The van der Waals surface area contributed by atoms with E-state index in [-0.39, 0.29) is 36.2 Å². The highest BCUT2D eigenvalue weighted by atomic mass is 19.1. The van der Waals surface area contributed by atoms with Crippen molar-refractivity contribution >= 4 is 11.9 Å². The molecule has 1 aromatic carbocycles. The molecule has 0 aliphatic heterocycles. The number of benzene rings is 1. The van der Waals surface area contributed by atoms with E-state index in [9.17, 15) is 14.0 Å². The molecule has 1 amide bonds. The lowest BCUT2D eigenvalue weighted by molar-refractivity contribution is -0.137. The molecule has 1 aromatic heterocycles. The fourth-order valence-corrected chi connectivity index (χ4v) is 2.32. The number of rotatable bonds is 7. The van der Waals surface area contributed by atoms with Gasteiger partial charge in [0.2, 0.25) is 0 Å². The summed E-state index contributed by atoms with van der Waals surface area (Å²) in [6.45, 7) is 4.43. The van der Waals surface area contributed by atoms with Crippen LogP contribution in [0.5, 0.6) is 0 Å². The molecule has 0 saturated carbocycles. The van der Waals surface area contributed by atoms with E-state index in [0.717, 1.165) is 0 Å². The lowest BCUT2D eigenvalue weighted by Gasteiger charge is -2.23. The van der Waals surface area contributed by atoms with Crippen LogP contribution in [-0.2, 0) is 4.79 Å². The first-order valence-electron chi connectivity index (χ1n) is 7.70. The number of para-hydroxylation sites is 1. The van der Waals surface area contributed by atoms with Gasteiger partial charge in [-0.2, -0.15) is 5.10 Å². The first-order chi connectivity index (χ1) is 11.4. The fourth-order valence-electron chi connectivity index (χ4n) is 2.32. The van der Waals surface area contributed by atoms with Crippen molar-refractivity contribution in [3.8, 4) is 5.69 Å². The zero-order chi connectivity index (χ0) is 17.7. The van der Waals surface area contributed by atoms with Gasteiger partial charge in [0.1, 0.15) is 11.5 Å². The molecule has 1 heterocycles. The number of halogens is 1. The maximum atomic E-state index is 13.8. The van der Waals surface area contributed by atoms with Gasteiger partial charge in [-0.3, -0.25) is 9.59 Å². The third kappa shape index (κ3) is 4.41. The maximum Gasteiger partial charge on any atom is 0.305 e. The SMILES string of the molecule is CC(C)CN(CCC(=O)O)C(=O)c1ccn(-c2ccccc2F)n1. The van der Waals surface area contributed by atoms with Crippen LogP contribution >= 0.6 is 0 Å². The molecule has 128 valence electrons. The quantitative estimate of drug-likeness (QED) is 0.845. The summed E-state index contributed by atoms with van der Waals surface area (Å²) in [5, 5.41) is 13.0. The monoisotopic (exact) mass is 333 g/mol. The number of carboxylic acids is 1. The van der Waals surface area contributed by atoms with E-state index in [0.29, 0.717) is 6.54 Å². The molecule has 0 spiro atoms. The average Bonchev–Trinajstić information content (AvgIpc) is 3.00. The molecule has 0 aliphatic rings. The number of hydrogen-bond acceptors (Lipinski definition) is 3. The van der Waals surface area contributed by atoms with Crippen molar-refractivity contribution in [3.63, 3.8) is 0 Å². The molecule has 0 bridgehead atoms. The van der Waals surface area contributed by atoms with Crippen molar-refractivity contribution < 1.29 is 19.1 Å². The van der Waals surface area contributed by atoms with Crippen LogP contribution in [0.3, 0.4) is 0 Å². The molecule has 2 rings (SSSR count). The third-order valence-corrected chi connectivity index (χ3v) is 3.38. The zero-order valence-electron chi connectivity index (χ0n) is 13.6. The second kappa shape index (κ2) is 7.72. The van der Waals surface area contributed by atoms with Gasteiger partial charge in [0.15, 0.2) is 5.69 Å². The molecular formula is C17H20FN3O3. The van der Waals surface area contributed by atoms with E-state index in [4.69, 9.17) is 5.11 Å². The Morgan fingerprint density at radius 2 is 2.00 bits per heavy atom. The van der Waals surface area contributed by atoms with Crippen molar-refractivity contribution in [1.82, 2.24) is 14.7 Å². The van der Waals surface area contributed by atoms with E-state index in [1.165, 1.54) is 27.9 Å². The Balaban J connectivity index is 2.21. The first-order valence-corrected chi connectivity index (χ1v) is 7.70. The Morgan fingerprint density at radius 3 is 2.62 bits per heavy atom. The second-order valence-electron chi connectivity index (χ2n) is 5.89. The molecule has 6 nitrogen and oxygen atoms in total. The topological polar surface area (TPSA) is 75.4 Å². The maximum absolute atomic E-state index is 13.8. The first kappa shape index (κ1) is 17.7. The van der Waals surface area contributed by atoms with E-state index in [1.807, 2.05) is 13.8 Å². The van der Waals surface area contributed by atoms with Crippen LogP contribution in [0.1, 0.15) is 30.8 Å². The molecule has 0 fully saturated rings. The Kier molecular flexibility index (Phi) is 5.68. The summed E-state index contributed by atoms with van der Waals surface area (Å²) in [5.74, 6) is -1.57. The molecule has 7 heteroatoms. The highest BCUT2D eigenvalue weighted by Gasteiger charge is 2.20. The number of carboxylic acid groups (broad SMARTS) is 1. The minimum Gasteiger partial charge on any atom is -0.481 e. The summed E-state index contributed by atoms with van der Waals surface area (Å²) in [4.78, 5) is 24.8. The standard InChI is InChI=1S/C17H20FN3O3/c1-12(2)11-20(9-8-16(22)23)17(24)14-7-10-21(19-14)15-6-4-3-5-13(15)18/h3-7,10,12H,8-9,11H2,1-2H3,(H,22,23). The van der Waals surface area contributed by atoms with Gasteiger partial charge in [-0.15, -0.1) is 0 Å². The van der Waals surface area contributed by atoms with Crippen LogP contribution in [0.25, 0.3) is 5.69 Å². The number of carbonyl (C=O) groups is 2. The summed E-state index contributed by atoms with van der Waals surface area (Å²) in [6, 6.07) is 7.64. The summed E-state index contributed by atoms with van der Waals surface area (Å²) in [5.41, 5.74) is 0.404. The van der Waals surface area contributed by atoms with Crippen LogP contribution in [0.15, 0.2) is 36.5 Å². The number of carbonyl (C=O) groups excluding carboxylic acids is 1. The van der Waals surface area contributed by atoms with E-state index < -0.39 is 11.8 Å². The van der Waals surface area contributed by atoms with E-state index in [2.05, 4.69) is 5.10 Å². The second-order valence-corrected chi connectivity index (χ2v) is 5.89. The van der Waals surface area contributed by atoms with Crippen molar-refractivity contribution in [2.45, 2.75) is 20.3 Å². The Bertz CT molecular complexity index is 727. The molecule has 24 heavy (non-hydrogen) atoms. The summed E-state index contributed by atoms with van der Waals surface area (Å²) >= 11 is 0. The summed E-state index contributed by atoms with van der Waals surface area (Å²) < 4.78 is 15.1. The molecule has 1 N–H and O–H groups in total. The van der Waals surface area contributed by atoms with E-state index >= 15 is 0 Å².